The number of rotatable bonds is 5. The predicted octanol–water partition coefficient (Wildman–Crippen LogP) is 4.39. The van der Waals surface area contributed by atoms with Crippen LogP contribution in [0.3, 0.4) is 0 Å². The SMILES string of the molecule is CN(Cc1ccc(Cl)s1)C(=O)CSc1cc(Cl)ccc1N. The van der Waals surface area contributed by atoms with Crippen LogP contribution < -0.4 is 5.73 Å². The van der Waals surface area contributed by atoms with Crippen LogP contribution in [-0.4, -0.2) is 23.6 Å². The molecule has 21 heavy (non-hydrogen) atoms. The smallest absolute Gasteiger partial charge is 0.233 e. The first-order valence-corrected chi connectivity index (χ1v) is 8.67. The van der Waals surface area contributed by atoms with Gasteiger partial charge in [-0.1, -0.05) is 23.2 Å². The summed E-state index contributed by atoms with van der Waals surface area (Å²) in [5, 5.41) is 0.612. The fourth-order valence-corrected chi connectivity index (χ4v) is 3.96. The van der Waals surface area contributed by atoms with Crippen molar-refractivity contribution in [1.82, 2.24) is 4.90 Å². The number of hydrogen-bond acceptors (Lipinski definition) is 4. The van der Waals surface area contributed by atoms with Gasteiger partial charge in [0.2, 0.25) is 5.91 Å². The van der Waals surface area contributed by atoms with Gasteiger partial charge in [-0.2, -0.15) is 0 Å². The summed E-state index contributed by atoms with van der Waals surface area (Å²) in [7, 11) is 1.78. The molecule has 2 aromatic rings. The van der Waals surface area contributed by atoms with Gasteiger partial charge in [0.15, 0.2) is 0 Å². The van der Waals surface area contributed by atoms with Gasteiger partial charge in [0.25, 0.3) is 0 Å². The second kappa shape index (κ2) is 7.40. The van der Waals surface area contributed by atoms with Crippen LogP contribution >= 0.6 is 46.3 Å². The fourth-order valence-electron chi connectivity index (χ4n) is 1.64. The molecule has 1 aromatic carbocycles. The molecule has 7 heteroatoms. The lowest BCUT2D eigenvalue weighted by atomic mass is 10.3. The maximum absolute atomic E-state index is 12.1. The van der Waals surface area contributed by atoms with Crippen molar-refractivity contribution in [1.29, 1.82) is 0 Å². The number of carbonyl (C=O) groups excluding carboxylic acids is 1. The molecule has 0 unspecified atom stereocenters. The molecule has 1 aromatic heterocycles. The van der Waals surface area contributed by atoms with Crippen molar-refractivity contribution in [3.63, 3.8) is 0 Å². The van der Waals surface area contributed by atoms with Crippen LogP contribution in [0.2, 0.25) is 9.36 Å². The molecule has 0 aliphatic rings. The molecule has 112 valence electrons. The van der Waals surface area contributed by atoms with Crippen molar-refractivity contribution in [2.75, 3.05) is 18.5 Å². The fraction of sp³-hybridized carbons (Fsp3) is 0.214. The molecule has 1 heterocycles. The minimum atomic E-state index is 0.0314. The third kappa shape index (κ3) is 4.81. The number of carbonyl (C=O) groups is 1. The highest BCUT2D eigenvalue weighted by molar-refractivity contribution is 8.00. The van der Waals surface area contributed by atoms with Gasteiger partial charge in [-0.05, 0) is 30.3 Å². The van der Waals surface area contributed by atoms with Crippen molar-refractivity contribution in [3.05, 3.63) is 44.6 Å². The summed E-state index contributed by atoms with van der Waals surface area (Å²) >= 11 is 14.7. The summed E-state index contributed by atoms with van der Waals surface area (Å²) in [6.07, 6.45) is 0. The van der Waals surface area contributed by atoms with Gasteiger partial charge in [-0.3, -0.25) is 4.79 Å². The van der Waals surface area contributed by atoms with Crippen LogP contribution in [0.15, 0.2) is 35.2 Å². The maximum atomic E-state index is 12.1. The van der Waals surface area contributed by atoms with Gasteiger partial charge in [0.05, 0.1) is 16.6 Å². The lowest BCUT2D eigenvalue weighted by Gasteiger charge is -2.16. The van der Waals surface area contributed by atoms with E-state index in [2.05, 4.69) is 0 Å². The zero-order valence-electron chi connectivity index (χ0n) is 11.3. The quantitative estimate of drug-likeness (QED) is 0.635. The highest BCUT2D eigenvalue weighted by Gasteiger charge is 2.12. The Morgan fingerprint density at radius 1 is 1.33 bits per heavy atom. The number of benzene rings is 1. The Morgan fingerprint density at radius 3 is 2.76 bits per heavy atom. The molecule has 0 spiro atoms. The summed E-state index contributed by atoms with van der Waals surface area (Å²) in [6, 6.07) is 9.01. The predicted molar refractivity (Wildman–Crippen MR) is 92.4 cm³/mol. The minimum Gasteiger partial charge on any atom is -0.398 e. The summed E-state index contributed by atoms with van der Waals surface area (Å²) in [6.45, 7) is 0.557. The van der Waals surface area contributed by atoms with E-state index in [0.29, 0.717) is 23.0 Å². The molecule has 1 amide bonds. The maximum Gasteiger partial charge on any atom is 0.233 e. The number of nitrogen functional groups attached to an aromatic ring is 1. The van der Waals surface area contributed by atoms with Gasteiger partial charge in [-0.25, -0.2) is 0 Å². The van der Waals surface area contributed by atoms with E-state index >= 15 is 0 Å². The molecule has 0 aliphatic heterocycles. The number of thioether (sulfide) groups is 1. The summed E-state index contributed by atoms with van der Waals surface area (Å²) in [5.74, 6) is 0.351. The molecular weight excluding hydrogens is 347 g/mol. The van der Waals surface area contributed by atoms with Crippen LogP contribution in [0.4, 0.5) is 5.69 Å². The minimum absolute atomic E-state index is 0.0314. The highest BCUT2D eigenvalue weighted by Crippen LogP contribution is 2.28. The number of anilines is 1. The molecule has 0 bridgehead atoms. The van der Waals surface area contributed by atoms with Crippen LogP contribution in [-0.2, 0) is 11.3 Å². The molecule has 0 radical (unpaired) electrons. The monoisotopic (exact) mass is 360 g/mol. The number of thiophene rings is 1. The van der Waals surface area contributed by atoms with E-state index < -0.39 is 0 Å². The van der Waals surface area contributed by atoms with E-state index in [4.69, 9.17) is 28.9 Å². The Labute approximate surface area is 142 Å². The molecule has 0 atom stereocenters. The Balaban J connectivity index is 1.90. The molecule has 0 aliphatic carbocycles. The number of nitrogens with two attached hydrogens (primary N) is 1. The first-order chi connectivity index (χ1) is 9.95. The normalized spacial score (nSPS) is 10.6. The van der Waals surface area contributed by atoms with Gasteiger partial charge < -0.3 is 10.6 Å². The van der Waals surface area contributed by atoms with Gasteiger partial charge in [0, 0.05) is 27.5 Å². The standard InChI is InChI=1S/C14H14Cl2N2OS2/c1-18(7-10-3-5-13(16)21-10)14(19)8-20-12-6-9(15)2-4-11(12)17/h2-6H,7-8,17H2,1H3. The Bertz CT molecular complexity index is 646. The zero-order valence-corrected chi connectivity index (χ0v) is 14.5. The number of amides is 1. The average molecular weight is 361 g/mol. The summed E-state index contributed by atoms with van der Waals surface area (Å²) < 4.78 is 0.729. The van der Waals surface area contributed by atoms with E-state index in [1.54, 1.807) is 30.1 Å². The third-order valence-corrected chi connectivity index (χ3v) is 5.28. The molecule has 2 N–H and O–H groups in total. The largest absolute Gasteiger partial charge is 0.398 e. The van der Waals surface area contributed by atoms with Crippen LogP contribution in [0, 0.1) is 0 Å². The molecule has 0 fully saturated rings. The van der Waals surface area contributed by atoms with Crippen molar-refractivity contribution >= 4 is 57.9 Å². The van der Waals surface area contributed by atoms with Gasteiger partial charge >= 0.3 is 0 Å². The van der Waals surface area contributed by atoms with E-state index in [0.717, 1.165) is 14.1 Å². The van der Waals surface area contributed by atoms with Crippen molar-refractivity contribution in [2.24, 2.45) is 0 Å². The molecule has 0 saturated heterocycles. The molecule has 3 nitrogen and oxygen atoms in total. The highest BCUT2D eigenvalue weighted by atomic mass is 35.5. The Morgan fingerprint density at radius 2 is 2.10 bits per heavy atom. The van der Waals surface area contributed by atoms with Gasteiger partial charge in [-0.15, -0.1) is 23.1 Å². The number of halogens is 2. The van der Waals surface area contributed by atoms with Gasteiger partial charge in [0.1, 0.15) is 0 Å². The van der Waals surface area contributed by atoms with E-state index in [-0.39, 0.29) is 5.91 Å². The first kappa shape index (κ1) is 16.5. The van der Waals surface area contributed by atoms with E-state index in [1.165, 1.54) is 23.1 Å². The van der Waals surface area contributed by atoms with Crippen LogP contribution in [0.25, 0.3) is 0 Å². The second-order valence-electron chi connectivity index (χ2n) is 4.43. The number of hydrogen-bond donors (Lipinski definition) is 1. The topological polar surface area (TPSA) is 46.3 Å². The second-order valence-corrected chi connectivity index (χ2v) is 7.68. The van der Waals surface area contributed by atoms with E-state index in [1.807, 2.05) is 12.1 Å². The van der Waals surface area contributed by atoms with Crippen LogP contribution in [0.1, 0.15) is 4.88 Å². The molecule has 0 saturated carbocycles. The molecule has 2 rings (SSSR count). The third-order valence-electron chi connectivity index (χ3n) is 2.77. The average Bonchev–Trinajstić information content (AvgIpc) is 2.84. The molecular formula is C14H14Cl2N2OS2. The van der Waals surface area contributed by atoms with E-state index in [9.17, 15) is 4.79 Å². The van der Waals surface area contributed by atoms with Crippen LogP contribution in [0.5, 0.6) is 0 Å². The van der Waals surface area contributed by atoms with Crippen molar-refractivity contribution in [3.8, 4) is 0 Å². The number of nitrogens with zero attached hydrogens (tertiary/aromatic N) is 1. The van der Waals surface area contributed by atoms with Crippen molar-refractivity contribution < 1.29 is 4.79 Å². The Hall–Kier alpha value is -0.880. The zero-order chi connectivity index (χ0) is 15.4. The lowest BCUT2D eigenvalue weighted by Crippen LogP contribution is -2.27. The summed E-state index contributed by atoms with van der Waals surface area (Å²) in [4.78, 5) is 15.7. The lowest BCUT2D eigenvalue weighted by molar-refractivity contribution is -0.127. The Kier molecular flexibility index (Phi) is 5.81. The summed E-state index contributed by atoms with van der Waals surface area (Å²) in [5.41, 5.74) is 6.49. The first-order valence-electron chi connectivity index (χ1n) is 6.11. The van der Waals surface area contributed by atoms with Crippen molar-refractivity contribution in [2.45, 2.75) is 11.4 Å².